The van der Waals surface area contributed by atoms with Gasteiger partial charge < -0.3 is 14.4 Å². The van der Waals surface area contributed by atoms with E-state index in [-0.39, 0.29) is 23.6 Å². The Morgan fingerprint density at radius 3 is 2.38 bits per heavy atom. The number of aliphatic hydroxyl groups is 1. The van der Waals surface area contributed by atoms with Crippen molar-refractivity contribution in [2.24, 2.45) is 0 Å². The third-order valence-corrected chi connectivity index (χ3v) is 7.85. The molecule has 0 aliphatic carbocycles. The molecule has 29 heavy (non-hydrogen) atoms. The molecule has 0 amide bonds. The normalized spacial score (nSPS) is 24.7. The Balaban J connectivity index is 1.64. The molecule has 0 spiro atoms. The van der Waals surface area contributed by atoms with Crippen molar-refractivity contribution < 1.29 is 22.8 Å². The molecule has 8 nitrogen and oxygen atoms in total. The number of hydrogen-bond donors (Lipinski definition) is 1. The second kappa shape index (κ2) is 8.59. The molecular weight excluding hydrogens is 393 g/mol. The SMILES string of the molecule is CC1(C)OB(c2cnc(S(=O)(=O)CC[C@H]3CCCCN3CCO)nc2)OC1(C)C. The van der Waals surface area contributed by atoms with E-state index in [9.17, 15) is 13.5 Å². The van der Waals surface area contributed by atoms with Gasteiger partial charge >= 0.3 is 7.12 Å². The van der Waals surface area contributed by atoms with Gasteiger partial charge in [-0.05, 0) is 53.5 Å². The average Bonchev–Trinajstić information content (AvgIpc) is 2.89. The van der Waals surface area contributed by atoms with Gasteiger partial charge in [0.05, 0.1) is 23.6 Å². The molecule has 3 heterocycles. The lowest BCUT2D eigenvalue weighted by Gasteiger charge is -2.35. The minimum atomic E-state index is -3.58. The van der Waals surface area contributed by atoms with Gasteiger partial charge in [-0.1, -0.05) is 6.42 Å². The first kappa shape index (κ1) is 22.6. The molecule has 10 heteroatoms. The third-order valence-electron chi connectivity index (χ3n) is 6.31. The largest absolute Gasteiger partial charge is 0.498 e. The summed E-state index contributed by atoms with van der Waals surface area (Å²) in [5, 5.41) is 9.06. The van der Waals surface area contributed by atoms with Gasteiger partial charge in [0.25, 0.3) is 0 Å². The summed E-state index contributed by atoms with van der Waals surface area (Å²) in [5.74, 6) is -0.00453. The summed E-state index contributed by atoms with van der Waals surface area (Å²) in [6.45, 7) is 9.41. The molecule has 0 saturated carbocycles. The summed E-state index contributed by atoms with van der Waals surface area (Å²) < 4.78 is 37.4. The average molecular weight is 425 g/mol. The number of rotatable bonds is 7. The zero-order valence-electron chi connectivity index (χ0n) is 17.8. The Hall–Kier alpha value is -1.07. The van der Waals surface area contributed by atoms with E-state index >= 15 is 0 Å². The topological polar surface area (TPSA) is 102 Å². The number of nitrogens with zero attached hydrogens (tertiary/aromatic N) is 3. The summed E-state index contributed by atoms with van der Waals surface area (Å²) in [6.07, 6.45) is 6.60. The molecule has 1 aromatic rings. The fourth-order valence-corrected chi connectivity index (χ4v) is 4.97. The molecule has 1 N–H and O–H groups in total. The minimum absolute atomic E-state index is 0.00453. The molecule has 3 rings (SSSR count). The minimum Gasteiger partial charge on any atom is -0.399 e. The monoisotopic (exact) mass is 425 g/mol. The highest BCUT2D eigenvalue weighted by Gasteiger charge is 2.52. The van der Waals surface area contributed by atoms with Crippen LogP contribution in [0.15, 0.2) is 17.6 Å². The van der Waals surface area contributed by atoms with Crippen molar-refractivity contribution in [2.45, 2.75) is 75.8 Å². The molecule has 2 aliphatic heterocycles. The lowest BCUT2D eigenvalue weighted by Crippen LogP contribution is -2.42. The van der Waals surface area contributed by atoms with Gasteiger partial charge in [0.1, 0.15) is 0 Å². The zero-order chi connectivity index (χ0) is 21.3. The number of likely N-dealkylation sites (tertiary alicyclic amines) is 1. The van der Waals surface area contributed by atoms with Crippen molar-refractivity contribution in [2.75, 3.05) is 25.4 Å². The van der Waals surface area contributed by atoms with Crippen LogP contribution in [0.3, 0.4) is 0 Å². The Kier molecular flexibility index (Phi) is 6.70. The number of aliphatic hydroxyl groups excluding tert-OH is 1. The zero-order valence-corrected chi connectivity index (χ0v) is 18.6. The summed E-state index contributed by atoms with van der Waals surface area (Å²) in [6, 6.07) is 0.176. The number of piperidine rings is 1. The molecule has 0 radical (unpaired) electrons. The van der Waals surface area contributed by atoms with Crippen LogP contribution in [0.2, 0.25) is 0 Å². The second-order valence-electron chi connectivity index (χ2n) is 8.90. The predicted molar refractivity (Wildman–Crippen MR) is 111 cm³/mol. The van der Waals surface area contributed by atoms with E-state index in [0.29, 0.717) is 18.4 Å². The van der Waals surface area contributed by atoms with E-state index in [0.717, 1.165) is 25.8 Å². The molecule has 0 aromatic carbocycles. The Morgan fingerprint density at radius 1 is 1.17 bits per heavy atom. The van der Waals surface area contributed by atoms with Crippen LogP contribution in [0.25, 0.3) is 0 Å². The Labute approximate surface area is 174 Å². The van der Waals surface area contributed by atoms with E-state index in [1.807, 2.05) is 27.7 Å². The standard InChI is InChI=1S/C19H32BN3O5S/c1-18(2)19(3,4)28-20(27-18)15-13-21-17(22-14-15)29(25,26)12-8-16-7-5-6-9-23(16)10-11-24/h13-14,16,24H,5-12H2,1-4H3/t16-/m1/s1. The van der Waals surface area contributed by atoms with Gasteiger partial charge in [0, 0.05) is 30.4 Å². The summed E-state index contributed by atoms with van der Waals surface area (Å²) >= 11 is 0. The Bertz CT molecular complexity index is 783. The number of β-amino-alcohol motifs (C(OH)–C–C–N with tert-alkyl or cyclic N) is 1. The summed E-state index contributed by atoms with van der Waals surface area (Å²) in [4.78, 5) is 10.4. The number of aromatic nitrogens is 2. The number of sulfone groups is 1. The molecule has 2 saturated heterocycles. The van der Waals surface area contributed by atoms with Crippen molar-refractivity contribution in [3.8, 4) is 0 Å². The fourth-order valence-electron chi connectivity index (χ4n) is 3.78. The molecule has 0 bridgehead atoms. The molecule has 2 fully saturated rings. The molecule has 1 aromatic heterocycles. The van der Waals surface area contributed by atoms with Gasteiger partial charge in [0.15, 0.2) is 0 Å². The molecule has 162 valence electrons. The first-order valence-electron chi connectivity index (χ1n) is 10.3. The van der Waals surface area contributed by atoms with Crippen molar-refractivity contribution in [1.82, 2.24) is 14.9 Å². The molecule has 0 unspecified atom stereocenters. The van der Waals surface area contributed by atoms with Crippen LogP contribution in [0, 0.1) is 0 Å². The van der Waals surface area contributed by atoms with Crippen LogP contribution in [0.1, 0.15) is 53.4 Å². The van der Waals surface area contributed by atoms with Crippen molar-refractivity contribution in [3.63, 3.8) is 0 Å². The van der Waals surface area contributed by atoms with Gasteiger partial charge in [-0.15, -0.1) is 0 Å². The molecule has 1 atom stereocenters. The van der Waals surface area contributed by atoms with E-state index in [1.165, 1.54) is 12.4 Å². The van der Waals surface area contributed by atoms with Crippen molar-refractivity contribution in [1.29, 1.82) is 0 Å². The molecular formula is C19H32BN3O5S. The smallest absolute Gasteiger partial charge is 0.399 e. The highest BCUT2D eigenvalue weighted by molar-refractivity contribution is 7.91. The highest BCUT2D eigenvalue weighted by Crippen LogP contribution is 2.36. The summed E-state index contributed by atoms with van der Waals surface area (Å²) in [5.41, 5.74) is -0.366. The maximum atomic E-state index is 12.7. The highest BCUT2D eigenvalue weighted by atomic mass is 32.2. The van der Waals surface area contributed by atoms with Crippen LogP contribution in [0.4, 0.5) is 0 Å². The quantitative estimate of drug-likeness (QED) is 0.505. The van der Waals surface area contributed by atoms with Gasteiger partial charge in [-0.3, -0.25) is 4.90 Å². The van der Waals surface area contributed by atoms with Crippen LogP contribution in [0.5, 0.6) is 0 Å². The third kappa shape index (κ3) is 4.99. The first-order valence-corrected chi connectivity index (χ1v) is 12.0. The maximum Gasteiger partial charge on any atom is 0.498 e. The van der Waals surface area contributed by atoms with E-state index in [1.54, 1.807) is 0 Å². The van der Waals surface area contributed by atoms with Crippen molar-refractivity contribution in [3.05, 3.63) is 12.4 Å². The van der Waals surface area contributed by atoms with Crippen LogP contribution in [-0.4, -0.2) is 78.2 Å². The number of hydrogen-bond acceptors (Lipinski definition) is 8. The van der Waals surface area contributed by atoms with E-state index in [4.69, 9.17) is 9.31 Å². The van der Waals surface area contributed by atoms with Crippen LogP contribution >= 0.6 is 0 Å². The van der Waals surface area contributed by atoms with Gasteiger partial charge in [-0.2, -0.15) is 0 Å². The Morgan fingerprint density at radius 2 is 1.79 bits per heavy atom. The van der Waals surface area contributed by atoms with Gasteiger partial charge in [0.2, 0.25) is 15.0 Å². The van der Waals surface area contributed by atoms with E-state index in [2.05, 4.69) is 14.9 Å². The second-order valence-corrected chi connectivity index (χ2v) is 10.9. The lowest BCUT2D eigenvalue weighted by molar-refractivity contribution is 0.00578. The summed E-state index contributed by atoms with van der Waals surface area (Å²) in [7, 11) is -4.20. The van der Waals surface area contributed by atoms with Crippen molar-refractivity contribution >= 4 is 22.4 Å². The predicted octanol–water partition coefficient (Wildman–Crippen LogP) is 0.786. The van der Waals surface area contributed by atoms with E-state index < -0.39 is 28.2 Å². The fraction of sp³-hybridized carbons (Fsp3) is 0.789. The van der Waals surface area contributed by atoms with Gasteiger partial charge in [-0.25, -0.2) is 18.4 Å². The van der Waals surface area contributed by atoms with Crippen LogP contribution < -0.4 is 5.46 Å². The lowest BCUT2D eigenvalue weighted by atomic mass is 9.81. The maximum absolute atomic E-state index is 12.7. The van der Waals surface area contributed by atoms with Crippen LogP contribution in [-0.2, 0) is 19.1 Å². The molecule has 2 aliphatic rings. The first-order chi connectivity index (χ1) is 13.6.